The Morgan fingerprint density at radius 2 is 2.27 bits per heavy atom. The quantitative estimate of drug-likeness (QED) is 0.602. The minimum atomic E-state index is 0.280. The van der Waals surface area contributed by atoms with Gasteiger partial charge in [0.05, 0.1) is 6.61 Å². The van der Waals surface area contributed by atoms with E-state index in [1.165, 1.54) is 0 Å². The first-order valence-corrected chi connectivity index (χ1v) is 4.27. The Kier molecular flexibility index (Phi) is 3.09. The van der Waals surface area contributed by atoms with E-state index in [4.69, 9.17) is 5.11 Å². The second kappa shape index (κ2) is 3.88. The number of aliphatic hydroxyl groups excluding tert-OH is 1. The van der Waals surface area contributed by atoms with Crippen LogP contribution in [0.1, 0.15) is 20.3 Å². The Balaban J connectivity index is 2.54. The molecular formula is C9H17NO. The summed E-state index contributed by atoms with van der Waals surface area (Å²) in [5, 5.41) is 9.03. The summed E-state index contributed by atoms with van der Waals surface area (Å²) in [6, 6.07) is 0.886. The summed E-state index contributed by atoms with van der Waals surface area (Å²) in [5.74, 6) is 0. The first kappa shape index (κ1) is 8.75. The fourth-order valence-electron chi connectivity index (χ4n) is 1.55. The van der Waals surface area contributed by atoms with Gasteiger partial charge in [-0.2, -0.15) is 0 Å². The van der Waals surface area contributed by atoms with Gasteiger partial charge in [-0.1, -0.05) is 12.2 Å². The lowest BCUT2D eigenvalue weighted by atomic mass is 10.1. The zero-order chi connectivity index (χ0) is 8.27. The highest BCUT2D eigenvalue weighted by Gasteiger charge is 2.20. The topological polar surface area (TPSA) is 23.5 Å². The standard InChI is InChI=1S/C9H17NO/c1-8(2)10-6-4-3-5-9(10)7-11/h3-4,8-9,11H,5-7H2,1-2H3. The van der Waals surface area contributed by atoms with Gasteiger partial charge in [-0.3, -0.25) is 4.90 Å². The van der Waals surface area contributed by atoms with Crippen LogP contribution in [-0.2, 0) is 0 Å². The maximum atomic E-state index is 9.03. The summed E-state index contributed by atoms with van der Waals surface area (Å²) >= 11 is 0. The van der Waals surface area contributed by atoms with Crippen molar-refractivity contribution in [2.45, 2.75) is 32.4 Å². The molecule has 0 saturated heterocycles. The van der Waals surface area contributed by atoms with Crippen LogP contribution in [0.2, 0.25) is 0 Å². The van der Waals surface area contributed by atoms with Crippen molar-refractivity contribution in [1.82, 2.24) is 4.90 Å². The van der Waals surface area contributed by atoms with Crippen LogP contribution in [0.3, 0.4) is 0 Å². The molecule has 0 aliphatic carbocycles. The molecule has 0 aromatic rings. The second-order valence-electron chi connectivity index (χ2n) is 3.33. The van der Waals surface area contributed by atoms with E-state index in [1.54, 1.807) is 0 Å². The van der Waals surface area contributed by atoms with Crippen LogP contribution < -0.4 is 0 Å². The molecule has 0 amide bonds. The maximum absolute atomic E-state index is 9.03. The van der Waals surface area contributed by atoms with Crippen LogP contribution in [0.5, 0.6) is 0 Å². The molecule has 0 fully saturated rings. The third-order valence-corrected chi connectivity index (χ3v) is 2.23. The van der Waals surface area contributed by atoms with Gasteiger partial charge >= 0.3 is 0 Å². The third-order valence-electron chi connectivity index (χ3n) is 2.23. The van der Waals surface area contributed by atoms with Gasteiger partial charge in [-0.25, -0.2) is 0 Å². The van der Waals surface area contributed by atoms with E-state index in [-0.39, 0.29) is 6.61 Å². The summed E-state index contributed by atoms with van der Waals surface area (Å²) in [7, 11) is 0. The van der Waals surface area contributed by atoms with Crippen LogP contribution in [0.15, 0.2) is 12.2 Å². The van der Waals surface area contributed by atoms with Gasteiger partial charge in [0.2, 0.25) is 0 Å². The molecule has 0 bridgehead atoms. The Morgan fingerprint density at radius 3 is 2.73 bits per heavy atom. The molecular weight excluding hydrogens is 138 g/mol. The van der Waals surface area contributed by atoms with Crippen molar-refractivity contribution in [1.29, 1.82) is 0 Å². The fourth-order valence-corrected chi connectivity index (χ4v) is 1.55. The lowest BCUT2D eigenvalue weighted by Gasteiger charge is -2.34. The number of nitrogens with zero attached hydrogens (tertiary/aromatic N) is 1. The average Bonchev–Trinajstić information content (AvgIpc) is 2.04. The molecule has 1 N–H and O–H groups in total. The van der Waals surface area contributed by atoms with E-state index >= 15 is 0 Å². The molecule has 11 heavy (non-hydrogen) atoms. The summed E-state index contributed by atoms with van der Waals surface area (Å²) in [5.41, 5.74) is 0. The molecule has 1 rings (SSSR count). The predicted octanol–water partition coefficient (Wildman–Crippen LogP) is 1.02. The van der Waals surface area contributed by atoms with Gasteiger partial charge in [-0.15, -0.1) is 0 Å². The monoisotopic (exact) mass is 155 g/mol. The molecule has 1 unspecified atom stereocenters. The molecule has 1 heterocycles. The Morgan fingerprint density at radius 1 is 1.55 bits per heavy atom. The lowest BCUT2D eigenvalue weighted by Crippen LogP contribution is -2.44. The van der Waals surface area contributed by atoms with E-state index < -0.39 is 0 Å². The van der Waals surface area contributed by atoms with Crippen LogP contribution >= 0.6 is 0 Å². The van der Waals surface area contributed by atoms with Crippen LogP contribution in [0.25, 0.3) is 0 Å². The molecule has 0 aromatic heterocycles. The van der Waals surface area contributed by atoms with E-state index in [0.29, 0.717) is 12.1 Å². The summed E-state index contributed by atoms with van der Waals surface area (Å²) < 4.78 is 0. The van der Waals surface area contributed by atoms with E-state index in [2.05, 4.69) is 30.9 Å². The molecule has 1 atom stereocenters. The van der Waals surface area contributed by atoms with E-state index in [0.717, 1.165) is 13.0 Å². The summed E-state index contributed by atoms with van der Waals surface area (Å²) in [4.78, 5) is 2.32. The molecule has 0 spiro atoms. The average molecular weight is 155 g/mol. The minimum Gasteiger partial charge on any atom is -0.395 e. The maximum Gasteiger partial charge on any atom is 0.0590 e. The number of hydrogen-bond donors (Lipinski definition) is 1. The van der Waals surface area contributed by atoms with E-state index in [9.17, 15) is 0 Å². The molecule has 2 nitrogen and oxygen atoms in total. The van der Waals surface area contributed by atoms with Gasteiger partial charge < -0.3 is 5.11 Å². The largest absolute Gasteiger partial charge is 0.395 e. The van der Waals surface area contributed by atoms with Gasteiger partial charge in [0.25, 0.3) is 0 Å². The highest BCUT2D eigenvalue weighted by Crippen LogP contribution is 2.13. The Labute approximate surface area is 68.5 Å². The summed E-state index contributed by atoms with van der Waals surface area (Å²) in [6.07, 6.45) is 5.32. The Hall–Kier alpha value is -0.340. The van der Waals surface area contributed by atoms with Crippen LogP contribution in [0.4, 0.5) is 0 Å². The van der Waals surface area contributed by atoms with Crippen molar-refractivity contribution in [2.75, 3.05) is 13.2 Å². The van der Waals surface area contributed by atoms with Crippen LogP contribution in [0, 0.1) is 0 Å². The van der Waals surface area contributed by atoms with Gasteiger partial charge in [0.1, 0.15) is 0 Å². The van der Waals surface area contributed by atoms with Crippen molar-refractivity contribution in [3.63, 3.8) is 0 Å². The second-order valence-corrected chi connectivity index (χ2v) is 3.33. The highest BCUT2D eigenvalue weighted by molar-refractivity contribution is 4.96. The van der Waals surface area contributed by atoms with Crippen molar-refractivity contribution >= 4 is 0 Å². The predicted molar refractivity (Wildman–Crippen MR) is 46.5 cm³/mol. The van der Waals surface area contributed by atoms with Crippen molar-refractivity contribution in [2.24, 2.45) is 0 Å². The van der Waals surface area contributed by atoms with Crippen molar-refractivity contribution < 1.29 is 5.11 Å². The summed E-state index contributed by atoms with van der Waals surface area (Å²) in [6.45, 7) is 5.61. The zero-order valence-corrected chi connectivity index (χ0v) is 7.33. The molecule has 64 valence electrons. The van der Waals surface area contributed by atoms with Gasteiger partial charge in [0, 0.05) is 18.6 Å². The molecule has 0 aromatic carbocycles. The van der Waals surface area contributed by atoms with Gasteiger partial charge in [-0.05, 0) is 20.3 Å². The van der Waals surface area contributed by atoms with Crippen molar-refractivity contribution in [3.05, 3.63) is 12.2 Å². The minimum absolute atomic E-state index is 0.280. The molecule has 0 radical (unpaired) electrons. The normalized spacial score (nSPS) is 26.4. The van der Waals surface area contributed by atoms with Crippen LogP contribution in [-0.4, -0.2) is 35.2 Å². The number of hydrogen-bond acceptors (Lipinski definition) is 2. The third kappa shape index (κ3) is 2.04. The fraction of sp³-hybridized carbons (Fsp3) is 0.778. The van der Waals surface area contributed by atoms with E-state index in [1.807, 2.05) is 0 Å². The lowest BCUT2D eigenvalue weighted by molar-refractivity contribution is 0.103. The molecule has 0 saturated carbocycles. The molecule has 1 aliphatic rings. The van der Waals surface area contributed by atoms with Crippen molar-refractivity contribution in [3.8, 4) is 0 Å². The first-order chi connectivity index (χ1) is 5.25. The number of aliphatic hydroxyl groups is 1. The highest BCUT2D eigenvalue weighted by atomic mass is 16.3. The first-order valence-electron chi connectivity index (χ1n) is 4.27. The Bertz CT molecular complexity index is 142. The smallest absolute Gasteiger partial charge is 0.0590 e. The molecule has 1 aliphatic heterocycles. The van der Waals surface area contributed by atoms with Gasteiger partial charge in [0.15, 0.2) is 0 Å². The SMILES string of the molecule is CC(C)N1CC=CCC1CO. The molecule has 2 heteroatoms. The zero-order valence-electron chi connectivity index (χ0n) is 7.33. The number of rotatable bonds is 2.